The second-order valence-electron chi connectivity index (χ2n) is 5.85. The number of carbonyl (C=O) groups excluding carboxylic acids is 1. The van der Waals surface area contributed by atoms with Crippen molar-refractivity contribution in [1.29, 1.82) is 0 Å². The lowest BCUT2D eigenvalue weighted by Crippen LogP contribution is -2.61. The van der Waals surface area contributed by atoms with Crippen LogP contribution in [0.15, 0.2) is 0 Å². The van der Waals surface area contributed by atoms with Crippen LogP contribution in [-0.4, -0.2) is 47.5 Å². The van der Waals surface area contributed by atoms with Crippen LogP contribution in [0, 0.1) is 5.41 Å². The molecule has 1 unspecified atom stereocenters. The molecule has 1 fully saturated rings. The molecule has 0 bridgehead atoms. The molecular formula is C12H24N2O3. The molecule has 0 aliphatic carbocycles. The van der Waals surface area contributed by atoms with Crippen molar-refractivity contribution in [3.05, 3.63) is 0 Å². The highest BCUT2D eigenvalue weighted by Gasteiger charge is 2.39. The topological polar surface area (TPSA) is 81.6 Å². The van der Waals surface area contributed by atoms with E-state index in [1.165, 1.54) is 0 Å². The average molecular weight is 244 g/mol. The Hall–Kier alpha value is -0.650. The number of nitrogens with one attached hydrogen (secondary N) is 2. The second-order valence-corrected chi connectivity index (χ2v) is 5.85. The lowest BCUT2D eigenvalue weighted by atomic mass is 9.77. The normalized spacial score (nSPS) is 24.4. The van der Waals surface area contributed by atoms with Crippen LogP contribution in [0.3, 0.4) is 0 Å². The van der Waals surface area contributed by atoms with Gasteiger partial charge in [0.2, 0.25) is 5.91 Å². The third kappa shape index (κ3) is 3.40. The molecule has 1 atom stereocenters. The van der Waals surface area contributed by atoms with E-state index in [-0.39, 0.29) is 30.6 Å². The zero-order valence-electron chi connectivity index (χ0n) is 10.9. The maximum absolute atomic E-state index is 12.2. The van der Waals surface area contributed by atoms with Gasteiger partial charge in [-0.3, -0.25) is 4.79 Å². The van der Waals surface area contributed by atoms with Crippen molar-refractivity contribution in [1.82, 2.24) is 10.6 Å². The molecule has 0 radical (unpaired) electrons. The minimum Gasteiger partial charge on any atom is -0.394 e. The lowest BCUT2D eigenvalue weighted by molar-refractivity contribution is -0.129. The first-order valence-electron chi connectivity index (χ1n) is 6.12. The van der Waals surface area contributed by atoms with Gasteiger partial charge < -0.3 is 20.8 Å². The highest BCUT2D eigenvalue weighted by atomic mass is 16.3. The summed E-state index contributed by atoms with van der Waals surface area (Å²) in [6, 6.07) is -0.270. The summed E-state index contributed by atoms with van der Waals surface area (Å²) < 4.78 is 0. The Morgan fingerprint density at radius 3 is 2.53 bits per heavy atom. The molecule has 1 aliphatic rings. The van der Waals surface area contributed by atoms with Gasteiger partial charge in [0, 0.05) is 0 Å². The van der Waals surface area contributed by atoms with Gasteiger partial charge in [-0.15, -0.1) is 0 Å². The van der Waals surface area contributed by atoms with Crippen LogP contribution >= 0.6 is 0 Å². The first kappa shape index (κ1) is 14.4. The fourth-order valence-electron chi connectivity index (χ4n) is 2.16. The van der Waals surface area contributed by atoms with Gasteiger partial charge in [-0.1, -0.05) is 13.8 Å². The first-order valence-corrected chi connectivity index (χ1v) is 6.12. The van der Waals surface area contributed by atoms with Gasteiger partial charge in [0.15, 0.2) is 0 Å². The fraction of sp³-hybridized carbons (Fsp3) is 0.917. The van der Waals surface area contributed by atoms with Crippen LogP contribution in [0.1, 0.15) is 33.6 Å². The maximum atomic E-state index is 12.2. The van der Waals surface area contributed by atoms with Crippen molar-refractivity contribution < 1.29 is 15.0 Å². The quantitative estimate of drug-likeness (QED) is 0.543. The molecule has 0 aromatic carbocycles. The van der Waals surface area contributed by atoms with E-state index in [9.17, 15) is 4.79 Å². The van der Waals surface area contributed by atoms with Crippen molar-refractivity contribution in [3.8, 4) is 0 Å². The Bertz CT molecular complexity index is 275. The molecule has 0 saturated carbocycles. The Morgan fingerprint density at radius 1 is 1.47 bits per heavy atom. The summed E-state index contributed by atoms with van der Waals surface area (Å²) in [4.78, 5) is 12.2. The van der Waals surface area contributed by atoms with Gasteiger partial charge >= 0.3 is 0 Å². The largest absolute Gasteiger partial charge is 0.394 e. The number of hydrogen-bond acceptors (Lipinski definition) is 4. The molecular weight excluding hydrogens is 220 g/mol. The monoisotopic (exact) mass is 244 g/mol. The molecule has 17 heavy (non-hydrogen) atoms. The number of aliphatic hydroxyl groups is 2. The van der Waals surface area contributed by atoms with E-state index in [0.717, 1.165) is 19.4 Å². The van der Waals surface area contributed by atoms with E-state index in [2.05, 4.69) is 24.5 Å². The SMILES string of the molecule is CC(CO)(CO)NC(=O)C1NCCCC1(C)C. The Balaban J connectivity index is 2.69. The summed E-state index contributed by atoms with van der Waals surface area (Å²) in [5, 5.41) is 24.3. The smallest absolute Gasteiger partial charge is 0.238 e. The van der Waals surface area contributed by atoms with Gasteiger partial charge in [-0.2, -0.15) is 0 Å². The van der Waals surface area contributed by atoms with Gasteiger partial charge in [0.05, 0.1) is 24.8 Å². The zero-order chi connectivity index (χ0) is 13.1. The van der Waals surface area contributed by atoms with Crippen LogP contribution < -0.4 is 10.6 Å². The van der Waals surface area contributed by atoms with Crippen molar-refractivity contribution in [2.75, 3.05) is 19.8 Å². The molecule has 1 aliphatic heterocycles. The minimum atomic E-state index is -0.952. The summed E-state index contributed by atoms with van der Waals surface area (Å²) in [6.45, 7) is 6.01. The molecule has 100 valence electrons. The van der Waals surface area contributed by atoms with Gasteiger partial charge in [0.1, 0.15) is 0 Å². The Morgan fingerprint density at radius 2 is 2.06 bits per heavy atom. The van der Waals surface area contributed by atoms with Crippen molar-refractivity contribution >= 4 is 5.91 Å². The van der Waals surface area contributed by atoms with Crippen molar-refractivity contribution in [2.24, 2.45) is 5.41 Å². The van der Waals surface area contributed by atoms with Gasteiger partial charge in [0.25, 0.3) is 0 Å². The van der Waals surface area contributed by atoms with Crippen LogP contribution in [0.2, 0.25) is 0 Å². The summed E-state index contributed by atoms with van der Waals surface area (Å²) in [6.07, 6.45) is 2.06. The van der Waals surface area contributed by atoms with Crippen molar-refractivity contribution in [3.63, 3.8) is 0 Å². The van der Waals surface area contributed by atoms with Gasteiger partial charge in [-0.25, -0.2) is 0 Å². The van der Waals surface area contributed by atoms with E-state index in [0.29, 0.717) is 0 Å². The summed E-state index contributed by atoms with van der Waals surface area (Å²) in [5.41, 5.74) is -1.06. The Labute approximate surface area is 103 Å². The molecule has 1 amide bonds. The highest BCUT2D eigenvalue weighted by molar-refractivity contribution is 5.83. The molecule has 1 heterocycles. The second kappa shape index (κ2) is 5.33. The molecule has 0 aromatic heterocycles. The first-order chi connectivity index (χ1) is 7.84. The van der Waals surface area contributed by atoms with Crippen LogP contribution in [0.5, 0.6) is 0 Å². The number of hydrogen-bond donors (Lipinski definition) is 4. The molecule has 0 spiro atoms. The maximum Gasteiger partial charge on any atom is 0.238 e. The third-order valence-corrected chi connectivity index (χ3v) is 3.51. The van der Waals surface area contributed by atoms with E-state index >= 15 is 0 Å². The lowest BCUT2D eigenvalue weighted by Gasteiger charge is -2.40. The van der Waals surface area contributed by atoms with E-state index in [1.807, 2.05) is 0 Å². The van der Waals surface area contributed by atoms with Crippen LogP contribution in [0.25, 0.3) is 0 Å². The zero-order valence-corrected chi connectivity index (χ0v) is 10.9. The number of carbonyl (C=O) groups is 1. The van der Waals surface area contributed by atoms with E-state index < -0.39 is 5.54 Å². The molecule has 0 aromatic rings. The predicted octanol–water partition coefficient (Wildman–Crippen LogP) is -0.376. The third-order valence-electron chi connectivity index (χ3n) is 3.51. The molecule has 1 rings (SSSR count). The standard InChI is InChI=1S/C12H24N2O3/c1-11(2)5-4-6-13-9(11)10(17)14-12(3,7-15)8-16/h9,13,15-16H,4-8H2,1-3H3,(H,14,17). The van der Waals surface area contributed by atoms with Crippen molar-refractivity contribution in [2.45, 2.75) is 45.2 Å². The average Bonchev–Trinajstić information content (AvgIpc) is 2.28. The number of piperidine rings is 1. The summed E-state index contributed by atoms with van der Waals surface area (Å²) in [5.74, 6) is -0.152. The van der Waals surface area contributed by atoms with E-state index in [1.54, 1.807) is 6.92 Å². The fourth-order valence-corrected chi connectivity index (χ4v) is 2.16. The predicted molar refractivity (Wildman–Crippen MR) is 65.5 cm³/mol. The minimum absolute atomic E-state index is 0.103. The number of rotatable bonds is 4. The van der Waals surface area contributed by atoms with Crippen LogP contribution in [0.4, 0.5) is 0 Å². The molecule has 4 N–H and O–H groups in total. The molecule has 5 nitrogen and oxygen atoms in total. The highest BCUT2D eigenvalue weighted by Crippen LogP contribution is 2.30. The number of aliphatic hydroxyl groups excluding tert-OH is 2. The summed E-state index contributed by atoms with van der Waals surface area (Å²) in [7, 11) is 0. The van der Waals surface area contributed by atoms with Gasteiger partial charge in [-0.05, 0) is 31.7 Å². The van der Waals surface area contributed by atoms with E-state index in [4.69, 9.17) is 10.2 Å². The Kier molecular flexibility index (Phi) is 4.52. The molecule has 5 heteroatoms. The number of amides is 1. The molecule has 1 saturated heterocycles. The van der Waals surface area contributed by atoms with Crippen LogP contribution in [-0.2, 0) is 4.79 Å². The summed E-state index contributed by atoms with van der Waals surface area (Å²) >= 11 is 0.